The molecule has 0 aliphatic heterocycles. The molecule has 0 saturated carbocycles. The fourth-order valence-corrected chi connectivity index (χ4v) is 2.10. The number of benzene rings is 1. The monoisotopic (exact) mass is 297 g/mol. The highest BCUT2D eigenvalue weighted by Crippen LogP contribution is 2.21. The second-order valence-corrected chi connectivity index (χ2v) is 5.12. The van der Waals surface area contributed by atoms with Crippen LogP contribution in [-0.4, -0.2) is 22.2 Å². The molecule has 0 amide bonds. The van der Waals surface area contributed by atoms with Gasteiger partial charge in [-0.3, -0.25) is 4.98 Å². The molecule has 0 radical (unpaired) electrons. The lowest BCUT2D eigenvalue weighted by Gasteiger charge is -2.17. The summed E-state index contributed by atoms with van der Waals surface area (Å²) >= 11 is 0. The fourth-order valence-electron chi connectivity index (χ4n) is 2.10. The molecule has 1 heterocycles. The van der Waals surface area contributed by atoms with Crippen LogP contribution in [0.2, 0.25) is 0 Å². The molecule has 114 valence electrons. The average Bonchev–Trinajstić information content (AvgIpc) is 2.55. The molecule has 1 aromatic carbocycles. The van der Waals surface area contributed by atoms with Crippen molar-refractivity contribution in [3.05, 3.63) is 78.1 Å². The standard InChI is InChI=1S/C18H19NO3/c1-13(11-15-7-4-3-5-8-15)22-18(21)14(2)17(20)16-9-6-10-19-12-16/h3-10,12-13,17,20H,2,11H2,1H3. The molecule has 0 fully saturated rings. The Morgan fingerprint density at radius 2 is 2.00 bits per heavy atom. The highest BCUT2D eigenvalue weighted by Gasteiger charge is 2.21. The number of carbonyl (C=O) groups excluding carboxylic acids is 1. The first kappa shape index (κ1) is 15.9. The molecule has 4 nitrogen and oxygen atoms in total. The third-order valence-electron chi connectivity index (χ3n) is 3.27. The summed E-state index contributed by atoms with van der Waals surface area (Å²) in [7, 11) is 0. The topological polar surface area (TPSA) is 59.4 Å². The number of hydrogen-bond donors (Lipinski definition) is 1. The zero-order valence-electron chi connectivity index (χ0n) is 12.5. The van der Waals surface area contributed by atoms with Gasteiger partial charge in [0.15, 0.2) is 0 Å². The minimum Gasteiger partial charge on any atom is -0.459 e. The van der Waals surface area contributed by atoms with Crippen molar-refractivity contribution in [2.24, 2.45) is 0 Å². The smallest absolute Gasteiger partial charge is 0.336 e. The zero-order chi connectivity index (χ0) is 15.9. The van der Waals surface area contributed by atoms with Crippen molar-refractivity contribution in [3.8, 4) is 0 Å². The molecular weight excluding hydrogens is 278 g/mol. The van der Waals surface area contributed by atoms with Crippen molar-refractivity contribution in [1.29, 1.82) is 0 Å². The first-order valence-electron chi connectivity index (χ1n) is 7.09. The second kappa shape index (κ2) is 7.52. The van der Waals surface area contributed by atoms with Crippen molar-refractivity contribution in [2.75, 3.05) is 0 Å². The van der Waals surface area contributed by atoms with E-state index in [9.17, 15) is 9.90 Å². The Balaban J connectivity index is 1.92. The maximum Gasteiger partial charge on any atom is 0.336 e. The summed E-state index contributed by atoms with van der Waals surface area (Å²) in [6, 6.07) is 13.1. The Labute approximate surface area is 130 Å². The molecule has 0 aliphatic carbocycles. The third-order valence-corrected chi connectivity index (χ3v) is 3.27. The Kier molecular flexibility index (Phi) is 5.44. The van der Waals surface area contributed by atoms with Crippen molar-refractivity contribution in [1.82, 2.24) is 4.98 Å². The van der Waals surface area contributed by atoms with Crippen LogP contribution in [0, 0.1) is 0 Å². The largest absolute Gasteiger partial charge is 0.459 e. The van der Waals surface area contributed by atoms with Crippen LogP contribution in [0.4, 0.5) is 0 Å². The summed E-state index contributed by atoms with van der Waals surface area (Å²) in [5, 5.41) is 10.1. The van der Waals surface area contributed by atoms with Gasteiger partial charge in [0, 0.05) is 24.4 Å². The Morgan fingerprint density at radius 1 is 1.27 bits per heavy atom. The van der Waals surface area contributed by atoms with E-state index in [0.29, 0.717) is 12.0 Å². The van der Waals surface area contributed by atoms with Gasteiger partial charge in [0.2, 0.25) is 0 Å². The normalized spacial score (nSPS) is 13.2. The molecule has 22 heavy (non-hydrogen) atoms. The quantitative estimate of drug-likeness (QED) is 0.658. The van der Waals surface area contributed by atoms with Crippen molar-refractivity contribution < 1.29 is 14.6 Å². The predicted molar refractivity (Wildman–Crippen MR) is 84.0 cm³/mol. The van der Waals surface area contributed by atoms with Crippen molar-refractivity contribution in [3.63, 3.8) is 0 Å². The maximum absolute atomic E-state index is 12.1. The molecule has 0 saturated heterocycles. The van der Waals surface area contributed by atoms with E-state index >= 15 is 0 Å². The van der Waals surface area contributed by atoms with E-state index in [4.69, 9.17) is 4.74 Å². The molecule has 4 heteroatoms. The van der Waals surface area contributed by atoms with Gasteiger partial charge >= 0.3 is 5.97 Å². The molecule has 1 aromatic heterocycles. The molecule has 2 aromatic rings. The first-order valence-corrected chi connectivity index (χ1v) is 7.09. The molecule has 2 unspecified atom stereocenters. The van der Waals surface area contributed by atoms with Gasteiger partial charge in [0.1, 0.15) is 12.2 Å². The third kappa shape index (κ3) is 4.27. The van der Waals surface area contributed by atoms with E-state index in [1.165, 1.54) is 6.20 Å². The molecule has 0 spiro atoms. The van der Waals surface area contributed by atoms with Crippen LogP contribution in [0.5, 0.6) is 0 Å². The van der Waals surface area contributed by atoms with Gasteiger partial charge in [0.25, 0.3) is 0 Å². The molecule has 1 N–H and O–H groups in total. The summed E-state index contributed by atoms with van der Waals surface area (Å²) in [6.45, 7) is 5.45. The summed E-state index contributed by atoms with van der Waals surface area (Å²) in [5.41, 5.74) is 1.61. The van der Waals surface area contributed by atoms with Gasteiger partial charge in [-0.05, 0) is 18.6 Å². The SMILES string of the molecule is C=C(C(=O)OC(C)Cc1ccccc1)C(O)c1cccnc1. The average molecular weight is 297 g/mol. The number of carbonyl (C=O) groups is 1. The molecule has 0 bridgehead atoms. The van der Waals surface area contributed by atoms with Gasteiger partial charge in [0.05, 0.1) is 5.57 Å². The molecule has 2 rings (SSSR count). The Hall–Kier alpha value is -2.46. The van der Waals surface area contributed by atoms with Crippen LogP contribution < -0.4 is 0 Å². The number of aliphatic hydroxyl groups excluding tert-OH is 1. The number of rotatable bonds is 6. The number of pyridine rings is 1. The van der Waals surface area contributed by atoms with Gasteiger partial charge < -0.3 is 9.84 Å². The van der Waals surface area contributed by atoms with Crippen LogP contribution >= 0.6 is 0 Å². The van der Waals surface area contributed by atoms with E-state index in [1.54, 1.807) is 18.3 Å². The van der Waals surface area contributed by atoms with Crippen LogP contribution in [-0.2, 0) is 16.0 Å². The van der Waals surface area contributed by atoms with E-state index < -0.39 is 12.1 Å². The summed E-state index contributed by atoms with van der Waals surface area (Å²) in [4.78, 5) is 16.0. The lowest BCUT2D eigenvalue weighted by Crippen LogP contribution is -2.21. The van der Waals surface area contributed by atoms with Gasteiger partial charge in [-0.15, -0.1) is 0 Å². The van der Waals surface area contributed by atoms with Crippen molar-refractivity contribution >= 4 is 5.97 Å². The predicted octanol–water partition coefficient (Wildman–Crippen LogP) is 2.85. The number of hydrogen-bond acceptors (Lipinski definition) is 4. The molecule has 0 aliphatic rings. The minimum absolute atomic E-state index is 0.00733. The minimum atomic E-state index is -1.11. The number of ether oxygens (including phenoxy) is 1. The summed E-state index contributed by atoms with van der Waals surface area (Å²) in [6.07, 6.45) is 2.30. The summed E-state index contributed by atoms with van der Waals surface area (Å²) in [5.74, 6) is -0.597. The highest BCUT2D eigenvalue weighted by atomic mass is 16.5. The Morgan fingerprint density at radius 3 is 2.64 bits per heavy atom. The highest BCUT2D eigenvalue weighted by molar-refractivity contribution is 5.89. The molecule has 2 atom stereocenters. The van der Waals surface area contributed by atoms with Gasteiger partial charge in [-0.1, -0.05) is 43.0 Å². The first-order chi connectivity index (χ1) is 10.6. The number of nitrogens with zero attached hydrogens (tertiary/aromatic N) is 1. The van der Waals surface area contributed by atoms with Gasteiger partial charge in [-0.25, -0.2) is 4.79 Å². The number of aromatic nitrogens is 1. The second-order valence-electron chi connectivity index (χ2n) is 5.12. The van der Waals surface area contributed by atoms with E-state index in [2.05, 4.69) is 11.6 Å². The van der Waals surface area contributed by atoms with Gasteiger partial charge in [-0.2, -0.15) is 0 Å². The molecular formula is C18H19NO3. The van der Waals surface area contributed by atoms with Crippen LogP contribution in [0.3, 0.4) is 0 Å². The van der Waals surface area contributed by atoms with Crippen LogP contribution in [0.15, 0.2) is 67.0 Å². The van der Waals surface area contributed by atoms with E-state index in [-0.39, 0.29) is 11.7 Å². The lowest BCUT2D eigenvalue weighted by molar-refractivity contribution is -0.144. The lowest BCUT2D eigenvalue weighted by atomic mass is 10.0. The number of aliphatic hydroxyl groups is 1. The van der Waals surface area contributed by atoms with E-state index in [1.807, 2.05) is 37.3 Å². The van der Waals surface area contributed by atoms with Crippen molar-refractivity contribution in [2.45, 2.75) is 25.6 Å². The Bertz CT molecular complexity index is 625. The fraction of sp³-hybridized carbons (Fsp3) is 0.222. The van der Waals surface area contributed by atoms with Crippen LogP contribution in [0.25, 0.3) is 0 Å². The zero-order valence-corrected chi connectivity index (χ0v) is 12.5. The summed E-state index contributed by atoms with van der Waals surface area (Å²) < 4.78 is 5.34. The maximum atomic E-state index is 12.1. The number of esters is 1. The van der Waals surface area contributed by atoms with Crippen LogP contribution in [0.1, 0.15) is 24.2 Å². The van der Waals surface area contributed by atoms with E-state index in [0.717, 1.165) is 5.56 Å².